The van der Waals surface area contributed by atoms with E-state index in [0.717, 1.165) is 0 Å². The van der Waals surface area contributed by atoms with Gasteiger partial charge in [0, 0.05) is 21.3 Å². The maximum atomic E-state index is 12.4. The molecule has 0 unspecified atom stereocenters. The molecule has 1 saturated heterocycles. The number of carbonyl (C=O) groups excluding carboxylic acids is 4. The van der Waals surface area contributed by atoms with Crippen molar-refractivity contribution in [3.05, 3.63) is 24.2 Å². The van der Waals surface area contributed by atoms with Crippen LogP contribution in [0.25, 0.3) is 0 Å². The van der Waals surface area contributed by atoms with Crippen LogP contribution in [0.15, 0.2) is 23.0 Å². The Kier molecular flexibility index (Phi) is 16.3. The molecule has 2 heterocycles. The van der Waals surface area contributed by atoms with E-state index in [1.165, 1.54) is 32.1 Å². The monoisotopic (exact) mass is 499 g/mol. The maximum Gasteiger partial charge on any atom is 0.255 e. The van der Waals surface area contributed by atoms with Crippen molar-refractivity contribution < 1.29 is 37.8 Å². The number of hydrogen-bond acceptors (Lipinski definition) is 8. The zero-order valence-corrected chi connectivity index (χ0v) is 21.9. The van der Waals surface area contributed by atoms with Crippen LogP contribution in [-0.4, -0.2) is 82.3 Å². The lowest BCUT2D eigenvalue weighted by molar-refractivity contribution is -0.131. The lowest BCUT2D eigenvalue weighted by Gasteiger charge is -2.20. The van der Waals surface area contributed by atoms with Crippen LogP contribution in [0.3, 0.4) is 0 Å². The van der Waals surface area contributed by atoms with Crippen LogP contribution in [-0.2, 0) is 28.6 Å². The second-order valence-electron chi connectivity index (χ2n) is 8.12. The van der Waals surface area contributed by atoms with Crippen molar-refractivity contribution in [3.8, 4) is 0 Å². The van der Waals surface area contributed by atoms with E-state index in [-0.39, 0.29) is 24.5 Å². The van der Waals surface area contributed by atoms with Gasteiger partial charge in [0.05, 0.1) is 37.6 Å². The average Bonchev–Trinajstić information content (AvgIpc) is 3.33. The zero-order valence-electron chi connectivity index (χ0n) is 21.9. The molecule has 35 heavy (non-hydrogen) atoms. The first kappa shape index (κ1) is 32.2. The van der Waals surface area contributed by atoms with Gasteiger partial charge < -0.3 is 34.6 Å². The number of methoxy groups -OCH3 is 2. The molecule has 1 aliphatic rings. The van der Waals surface area contributed by atoms with Gasteiger partial charge in [0.1, 0.15) is 17.9 Å². The Balaban J connectivity index is 0.00000174. The molecule has 0 bridgehead atoms. The molecule has 3 amide bonds. The van der Waals surface area contributed by atoms with E-state index in [4.69, 9.17) is 13.9 Å². The number of furan rings is 1. The molecule has 11 nitrogen and oxygen atoms in total. The zero-order chi connectivity index (χ0) is 26.9. The Hall–Kier alpha value is -2.76. The quantitative estimate of drug-likeness (QED) is 0.366. The normalized spacial score (nSPS) is 17.3. The molecule has 3 N–H and O–H groups in total. The van der Waals surface area contributed by atoms with E-state index >= 15 is 0 Å². The number of amides is 3. The standard InChI is InChI=1S/C19H27N3O7.C3H8.C2H6O/c1-4-5-13(16(24)19(2)11-29-19)21-15(23)8-20-18(26)14(10-27-3)22-17(25)12-6-7-28-9-12;2*1-3-2/h6-7,9,13-14H,4-5,8,10-11H2,1-3H3,(H,20,26)(H,21,23)(H,22,25);3H2,1-2H3;1-2H3/t13-,14-,19+;;/m0../s1. The fraction of sp³-hybridized carbons (Fsp3) is 0.667. The molecule has 2 rings (SSSR count). The summed E-state index contributed by atoms with van der Waals surface area (Å²) in [4.78, 5) is 49.1. The molecule has 200 valence electrons. The van der Waals surface area contributed by atoms with Crippen molar-refractivity contribution in [1.29, 1.82) is 0 Å². The minimum absolute atomic E-state index is 0.0797. The molecule has 1 aliphatic heterocycles. The van der Waals surface area contributed by atoms with Crippen molar-refractivity contribution in [2.24, 2.45) is 0 Å². The third kappa shape index (κ3) is 12.5. The molecule has 0 radical (unpaired) electrons. The summed E-state index contributed by atoms with van der Waals surface area (Å²) in [6.07, 6.45) is 5.02. The molecule has 1 aromatic heterocycles. The van der Waals surface area contributed by atoms with E-state index in [1.54, 1.807) is 21.1 Å². The van der Waals surface area contributed by atoms with Crippen molar-refractivity contribution in [3.63, 3.8) is 0 Å². The number of Topliss-reactive ketones (excluding diaryl/α,β-unsaturated/α-hetero) is 1. The average molecular weight is 500 g/mol. The lowest BCUT2D eigenvalue weighted by atomic mass is 9.97. The van der Waals surface area contributed by atoms with Crippen LogP contribution >= 0.6 is 0 Å². The summed E-state index contributed by atoms with van der Waals surface area (Å²) in [6.45, 7) is 7.76. The van der Waals surface area contributed by atoms with Crippen LogP contribution in [0.4, 0.5) is 0 Å². The highest BCUT2D eigenvalue weighted by Gasteiger charge is 2.49. The summed E-state index contributed by atoms with van der Waals surface area (Å²) in [5.41, 5.74) is -0.578. The van der Waals surface area contributed by atoms with E-state index < -0.39 is 35.4 Å². The van der Waals surface area contributed by atoms with Gasteiger partial charge in [-0.1, -0.05) is 33.6 Å². The number of nitrogens with one attached hydrogen (secondary N) is 3. The number of hydrogen-bond donors (Lipinski definition) is 3. The molecule has 11 heteroatoms. The van der Waals surface area contributed by atoms with Gasteiger partial charge in [0.15, 0.2) is 5.78 Å². The Morgan fingerprint density at radius 2 is 1.69 bits per heavy atom. The molecule has 1 fully saturated rings. The highest BCUT2D eigenvalue weighted by atomic mass is 16.6. The number of ether oxygens (including phenoxy) is 3. The highest BCUT2D eigenvalue weighted by Crippen LogP contribution is 2.29. The van der Waals surface area contributed by atoms with Gasteiger partial charge in [-0.15, -0.1) is 0 Å². The Morgan fingerprint density at radius 1 is 1.09 bits per heavy atom. The summed E-state index contributed by atoms with van der Waals surface area (Å²) in [6, 6.07) is -0.214. The van der Waals surface area contributed by atoms with Crippen molar-refractivity contribution in [1.82, 2.24) is 16.0 Å². The number of ketones is 1. The number of rotatable bonds is 12. The van der Waals surface area contributed by atoms with Gasteiger partial charge in [-0.25, -0.2) is 0 Å². The molecule has 0 aromatic carbocycles. The predicted octanol–water partition coefficient (Wildman–Crippen LogP) is 1.46. The predicted molar refractivity (Wildman–Crippen MR) is 130 cm³/mol. The van der Waals surface area contributed by atoms with E-state index in [1.807, 2.05) is 6.92 Å². The van der Waals surface area contributed by atoms with Gasteiger partial charge in [-0.2, -0.15) is 0 Å². The first-order valence-corrected chi connectivity index (χ1v) is 11.6. The Labute approximate surface area is 207 Å². The van der Waals surface area contributed by atoms with Gasteiger partial charge in [0.25, 0.3) is 5.91 Å². The molecular formula is C24H41N3O8. The number of epoxide rings is 1. The topological polar surface area (TPSA) is 148 Å². The van der Waals surface area contributed by atoms with Crippen LogP contribution in [0.5, 0.6) is 0 Å². The summed E-state index contributed by atoms with van der Waals surface area (Å²) >= 11 is 0. The lowest BCUT2D eigenvalue weighted by Crippen LogP contribution is -2.53. The van der Waals surface area contributed by atoms with Crippen molar-refractivity contribution in [2.45, 2.75) is 64.6 Å². The molecule has 1 aromatic rings. The SMILES string of the molecule is CCC.CCC[C@H](NC(=O)CNC(=O)[C@H](COC)NC(=O)c1ccoc1)C(=O)[C@@]1(C)CO1.COC. The van der Waals surface area contributed by atoms with Gasteiger partial charge in [-0.05, 0) is 19.4 Å². The second kappa shape index (κ2) is 17.6. The Bertz CT molecular complexity index is 761. The smallest absolute Gasteiger partial charge is 0.255 e. The van der Waals surface area contributed by atoms with Gasteiger partial charge in [-0.3, -0.25) is 19.2 Å². The molecule has 0 spiro atoms. The summed E-state index contributed by atoms with van der Waals surface area (Å²) < 4.78 is 19.2. The van der Waals surface area contributed by atoms with Crippen LogP contribution in [0.2, 0.25) is 0 Å². The van der Waals surface area contributed by atoms with Gasteiger partial charge >= 0.3 is 0 Å². The summed E-state index contributed by atoms with van der Waals surface area (Å²) in [5, 5.41) is 7.60. The van der Waals surface area contributed by atoms with Crippen molar-refractivity contribution >= 4 is 23.5 Å². The fourth-order valence-electron chi connectivity index (χ4n) is 2.70. The molecular weight excluding hydrogens is 458 g/mol. The van der Waals surface area contributed by atoms with Crippen LogP contribution < -0.4 is 16.0 Å². The maximum absolute atomic E-state index is 12.4. The third-order valence-corrected chi connectivity index (χ3v) is 4.49. The highest BCUT2D eigenvalue weighted by molar-refractivity contribution is 5.99. The second-order valence-corrected chi connectivity index (χ2v) is 8.12. The van der Waals surface area contributed by atoms with Crippen LogP contribution in [0.1, 0.15) is 57.3 Å². The van der Waals surface area contributed by atoms with Gasteiger partial charge in [0.2, 0.25) is 11.8 Å². The first-order chi connectivity index (χ1) is 16.6. The van der Waals surface area contributed by atoms with E-state index in [2.05, 4.69) is 34.5 Å². The summed E-state index contributed by atoms with van der Waals surface area (Å²) in [7, 11) is 4.64. The summed E-state index contributed by atoms with van der Waals surface area (Å²) in [5.74, 6) is -1.78. The minimum Gasteiger partial charge on any atom is -0.472 e. The van der Waals surface area contributed by atoms with E-state index in [0.29, 0.717) is 19.4 Å². The van der Waals surface area contributed by atoms with Crippen LogP contribution in [0, 0.1) is 0 Å². The molecule has 0 saturated carbocycles. The third-order valence-electron chi connectivity index (χ3n) is 4.49. The molecule has 3 atom stereocenters. The fourth-order valence-corrected chi connectivity index (χ4v) is 2.70. The molecule has 0 aliphatic carbocycles. The minimum atomic E-state index is -0.998. The largest absolute Gasteiger partial charge is 0.472 e. The first-order valence-electron chi connectivity index (χ1n) is 11.6. The van der Waals surface area contributed by atoms with Crippen molar-refractivity contribution in [2.75, 3.05) is 41.1 Å². The Morgan fingerprint density at radius 3 is 2.14 bits per heavy atom. The number of carbonyl (C=O) groups is 4. The van der Waals surface area contributed by atoms with E-state index in [9.17, 15) is 19.2 Å².